The van der Waals surface area contributed by atoms with Gasteiger partial charge in [0, 0.05) is 29.6 Å². The summed E-state index contributed by atoms with van der Waals surface area (Å²) >= 11 is 6.29. The van der Waals surface area contributed by atoms with Crippen LogP contribution in [0.5, 0.6) is 11.5 Å². The van der Waals surface area contributed by atoms with E-state index in [1.54, 1.807) is 30.3 Å². The van der Waals surface area contributed by atoms with Crippen molar-refractivity contribution in [2.45, 2.75) is 30.3 Å². The molecule has 4 aromatic rings. The summed E-state index contributed by atoms with van der Waals surface area (Å²) in [7, 11) is 2.83. The van der Waals surface area contributed by atoms with Crippen LogP contribution in [-0.4, -0.2) is 43.0 Å². The predicted molar refractivity (Wildman–Crippen MR) is 162 cm³/mol. The summed E-state index contributed by atoms with van der Waals surface area (Å²) in [6.45, 7) is 0.0543. The summed E-state index contributed by atoms with van der Waals surface area (Å²) in [6, 6.07) is 15.7. The minimum Gasteiger partial charge on any atom is -0.508 e. The van der Waals surface area contributed by atoms with Gasteiger partial charge < -0.3 is 9.84 Å². The van der Waals surface area contributed by atoms with Crippen LogP contribution in [0.4, 0.5) is 10.1 Å². The third kappa shape index (κ3) is 4.01. The number of carbonyl (C=O) groups excluding carboxylic acids is 2. The Hall–Kier alpha value is -5.10. The van der Waals surface area contributed by atoms with E-state index in [1.807, 2.05) is 6.08 Å². The quantitative estimate of drug-likeness (QED) is 0.255. The minimum atomic E-state index is -1.58. The number of aromatic nitrogens is 3. The number of halogens is 2. The van der Waals surface area contributed by atoms with Gasteiger partial charge in [-0.15, -0.1) is 0 Å². The van der Waals surface area contributed by atoms with Crippen molar-refractivity contribution in [2.24, 2.45) is 13.0 Å². The number of hydrazine groups is 1. The number of benzene rings is 3. The molecule has 0 unspecified atom stereocenters. The third-order valence-corrected chi connectivity index (χ3v) is 9.49. The van der Waals surface area contributed by atoms with Crippen LogP contribution in [0.25, 0.3) is 0 Å². The van der Waals surface area contributed by atoms with Gasteiger partial charge in [0.15, 0.2) is 0 Å². The van der Waals surface area contributed by atoms with E-state index in [0.717, 1.165) is 9.58 Å². The number of allylic oxidation sites excluding steroid dienone is 2. The van der Waals surface area contributed by atoms with Gasteiger partial charge in [-0.3, -0.25) is 15.0 Å². The van der Waals surface area contributed by atoms with Crippen molar-refractivity contribution in [3.63, 3.8) is 0 Å². The minimum absolute atomic E-state index is 0.0148. The molecule has 2 N–H and O–H groups in total. The molecular formula is C32H27ClFN5O6. The Morgan fingerprint density at radius 2 is 1.71 bits per heavy atom. The van der Waals surface area contributed by atoms with Crippen molar-refractivity contribution in [1.82, 2.24) is 18.9 Å². The van der Waals surface area contributed by atoms with Crippen LogP contribution in [0.2, 0.25) is 5.02 Å². The van der Waals surface area contributed by atoms with Gasteiger partial charge in [0.1, 0.15) is 17.3 Å². The molecule has 3 heterocycles. The molecule has 3 aliphatic rings. The number of hydrogen-bond donors (Lipinski definition) is 2. The molecule has 0 radical (unpaired) electrons. The topological polar surface area (TPSA) is 128 Å². The van der Waals surface area contributed by atoms with E-state index in [9.17, 15) is 23.9 Å². The van der Waals surface area contributed by atoms with Crippen LogP contribution < -0.4 is 21.5 Å². The van der Waals surface area contributed by atoms with E-state index in [4.69, 9.17) is 16.3 Å². The number of imide groups is 1. The zero-order chi connectivity index (χ0) is 31.8. The molecule has 7 rings (SSSR count). The van der Waals surface area contributed by atoms with Gasteiger partial charge >= 0.3 is 11.4 Å². The van der Waals surface area contributed by atoms with Gasteiger partial charge in [0.25, 0.3) is 11.8 Å². The molecule has 11 nitrogen and oxygen atoms in total. The fourth-order valence-corrected chi connectivity index (χ4v) is 7.43. The summed E-state index contributed by atoms with van der Waals surface area (Å²) < 4.78 is 23.1. The zero-order valence-electron chi connectivity index (χ0n) is 24.1. The molecule has 0 bridgehead atoms. The lowest BCUT2D eigenvalue weighted by Gasteiger charge is -2.49. The molecule has 2 aliphatic heterocycles. The molecule has 1 aromatic heterocycles. The normalized spacial score (nSPS) is 23.7. The fourth-order valence-electron chi connectivity index (χ4n) is 7.31. The van der Waals surface area contributed by atoms with Crippen molar-refractivity contribution in [3.8, 4) is 11.5 Å². The molecule has 1 aliphatic carbocycles. The van der Waals surface area contributed by atoms with Crippen molar-refractivity contribution in [1.29, 1.82) is 0 Å². The van der Waals surface area contributed by atoms with E-state index >= 15 is 4.79 Å². The number of ether oxygens (including phenoxy) is 1. The molecule has 2 amide bonds. The van der Waals surface area contributed by atoms with Gasteiger partial charge in [0.05, 0.1) is 36.7 Å². The van der Waals surface area contributed by atoms with Crippen LogP contribution in [0.1, 0.15) is 29.5 Å². The zero-order valence-corrected chi connectivity index (χ0v) is 24.9. The number of rotatable bonds is 5. The van der Waals surface area contributed by atoms with Crippen molar-refractivity contribution in [2.75, 3.05) is 12.5 Å². The maximum Gasteiger partial charge on any atom is 0.347 e. The van der Waals surface area contributed by atoms with E-state index < -0.39 is 52.3 Å². The second-order valence-electron chi connectivity index (χ2n) is 11.4. The molecule has 1 saturated carbocycles. The van der Waals surface area contributed by atoms with E-state index in [-0.39, 0.29) is 24.5 Å². The molecule has 1 saturated heterocycles. The number of anilines is 1. The highest BCUT2D eigenvalue weighted by atomic mass is 35.5. The summed E-state index contributed by atoms with van der Waals surface area (Å²) in [5.74, 6) is -3.37. The number of nitrogens with zero attached hydrogens (tertiary/aromatic N) is 4. The summed E-state index contributed by atoms with van der Waals surface area (Å²) in [6.07, 6.45) is 1.84. The number of nitrogens with one attached hydrogen (secondary N) is 1. The molecule has 2 fully saturated rings. The monoisotopic (exact) mass is 631 g/mol. The highest BCUT2D eigenvalue weighted by Crippen LogP contribution is 2.63. The highest BCUT2D eigenvalue weighted by Gasteiger charge is 2.69. The average molecular weight is 632 g/mol. The van der Waals surface area contributed by atoms with E-state index in [0.29, 0.717) is 27.4 Å². The number of aromatic hydroxyl groups is 1. The first-order valence-corrected chi connectivity index (χ1v) is 14.6. The number of methoxy groups -OCH3 is 1. The van der Waals surface area contributed by atoms with E-state index in [1.165, 1.54) is 59.9 Å². The Morgan fingerprint density at radius 1 is 1.00 bits per heavy atom. The standard InChI is InChI=1S/C32H27ClFN5O6/c1-36-30(43)37-14-13-22-25(39(37)31(36)44)16-24-28(41)38(35-20-9-7-19(34)8-10-20)29(42)32(24,17-3-5-18(33)6-4-17)27(22)23-12-11-21(40)15-26(23)45-2/h3-13,15,24-25,27,35,40H,14,16H2,1-2H3/t24-,25+,27+,32+/m0/s1. The van der Waals surface area contributed by atoms with Gasteiger partial charge in [-0.1, -0.05) is 35.9 Å². The maximum atomic E-state index is 15.0. The molecular weight excluding hydrogens is 605 g/mol. The van der Waals surface area contributed by atoms with Crippen LogP contribution in [-0.2, 0) is 28.6 Å². The summed E-state index contributed by atoms with van der Waals surface area (Å²) in [5.41, 5.74) is 2.20. The Morgan fingerprint density at radius 3 is 2.40 bits per heavy atom. The first kappa shape index (κ1) is 28.7. The van der Waals surface area contributed by atoms with Gasteiger partial charge in [-0.2, -0.15) is 5.01 Å². The number of fused-ring (bicyclic) bond motifs is 4. The van der Waals surface area contributed by atoms with Crippen LogP contribution in [0, 0.1) is 11.7 Å². The molecule has 230 valence electrons. The summed E-state index contributed by atoms with van der Waals surface area (Å²) in [4.78, 5) is 55.9. The van der Waals surface area contributed by atoms with Crippen LogP contribution in [0.3, 0.4) is 0 Å². The SMILES string of the molecule is COc1cc(O)ccc1[C@H]1C2=CCn3c(=O)n(C)c(=O)n3[C@@H]2C[C@H]2C(=O)N(Nc3ccc(F)cc3)C(=O)[C@@]12c1ccc(Cl)cc1. The van der Waals surface area contributed by atoms with Crippen molar-refractivity contribution >= 4 is 29.1 Å². The molecule has 13 heteroatoms. The molecule has 3 aromatic carbocycles. The number of carbonyl (C=O) groups is 2. The Labute approximate surface area is 260 Å². The van der Waals surface area contributed by atoms with Crippen molar-refractivity contribution < 1.29 is 23.8 Å². The first-order chi connectivity index (χ1) is 21.6. The van der Waals surface area contributed by atoms with Crippen molar-refractivity contribution in [3.05, 3.63) is 121 Å². The highest BCUT2D eigenvalue weighted by molar-refractivity contribution is 6.30. The number of phenolic OH excluding ortho intramolecular Hbond substituents is 1. The first-order valence-electron chi connectivity index (χ1n) is 14.2. The molecule has 0 spiro atoms. The van der Waals surface area contributed by atoms with Crippen LogP contribution in [0.15, 0.2) is 88.0 Å². The number of amides is 2. The van der Waals surface area contributed by atoms with E-state index in [2.05, 4.69) is 5.43 Å². The molecule has 4 atom stereocenters. The Kier molecular flexibility index (Phi) is 6.52. The Bertz CT molecular complexity index is 2030. The van der Waals surface area contributed by atoms with Gasteiger partial charge in [-0.05, 0) is 60.0 Å². The van der Waals surface area contributed by atoms with Gasteiger partial charge in [-0.25, -0.2) is 27.9 Å². The van der Waals surface area contributed by atoms with Crippen LogP contribution >= 0.6 is 11.6 Å². The second-order valence-corrected chi connectivity index (χ2v) is 11.8. The molecule has 45 heavy (non-hydrogen) atoms. The smallest absolute Gasteiger partial charge is 0.347 e. The number of phenols is 1. The Balaban J connectivity index is 1.53. The average Bonchev–Trinajstić information content (AvgIpc) is 3.39. The summed E-state index contributed by atoms with van der Waals surface area (Å²) in [5, 5.41) is 11.7. The number of hydrogen-bond acceptors (Lipinski definition) is 7. The predicted octanol–water partition coefficient (Wildman–Crippen LogP) is 3.47. The lowest BCUT2D eigenvalue weighted by molar-refractivity contribution is -0.138. The second kappa shape index (κ2) is 10.2. The fraction of sp³-hybridized carbons (Fsp3) is 0.250. The lowest BCUT2D eigenvalue weighted by Crippen LogP contribution is -2.53. The maximum absolute atomic E-state index is 15.0. The largest absolute Gasteiger partial charge is 0.508 e. The lowest BCUT2D eigenvalue weighted by atomic mass is 9.53. The third-order valence-electron chi connectivity index (χ3n) is 9.24. The van der Waals surface area contributed by atoms with Gasteiger partial charge in [0.2, 0.25) is 0 Å².